The maximum atomic E-state index is 10.9. The quantitative estimate of drug-likeness (QED) is 0.707. The Morgan fingerprint density at radius 3 is 2.33 bits per heavy atom. The molecule has 0 aromatic heterocycles. The van der Waals surface area contributed by atoms with Gasteiger partial charge in [-0.2, -0.15) is 0 Å². The standard InChI is InChI=1S/C9H19NO2/c1-5-7(3)8(6-2)10-9(11)12-4/h7-8H,5-6H2,1-4H3,(H,10,11). The predicted octanol–water partition coefficient (Wildman–Crippen LogP) is 2.17. The van der Waals surface area contributed by atoms with Gasteiger partial charge in [-0.15, -0.1) is 0 Å². The molecular formula is C9H19NO2. The van der Waals surface area contributed by atoms with Gasteiger partial charge < -0.3 is 10.1 Å². The largest absolute Gasteiger partial charge is 0.453 e. The number of nitrogens with one attached hydrogen (secondary N) is 1. The van der Waals surface area contributed by atoms with Crippen LogP contribution in [0.3, 0.4) is 0 Å². The lowest BCUT2D eigenvalue weighted by Crippen LogP contribution is -2.38. The van der Waals surface area contributed by atoms with Crippen LogP contribution in [0.5, 0.6) is 0 Å². The molecule has 0 aromatic carbocycles. The SMILES string of the molecule is CCC(C)C(CC)NC(=O)OC. The van der Waals surface area contributed by atoms with E-state index in [9.17, 15) is 4.79 Å². The Labute approximate surface area is 74.5 Å². The van der Waals surface area contributed by atoms with E-state index in [1.165, 1.54) is 7.11 Å². The minimum absolute atomic E-state index is 0.238. The smallest absolute Gasteiger partial charge is 0.407 e. The third kappa shape index (κ3) is 3.60. The molecule has 0 bridgehead atoms. The van der Waals surface area contributed by atoms with Gasteiger partial charge in [0.05, 0.1) is 7.11 Å². The van der Waals surface area contributed by atoms with Gasteiger partial charge in [0.15, 0.2) is 0 Å². The van der Waals surface area contributed by atoms with E-state index < -0.39 is 0 Å². The van der Waals surface area contributed by atoms with Gasteiger partial charge in [0.1, 0.15) is 0 Å². The molecule has 2 atom stereocenters. The second-order valence-corrected chi connectivity index (χ2v) is 3.04. The van der Waals surface area contributed by atoms with Gasteiger partial charge in [-0.3, -0.25) is 0 Å². The lowest BCUT2D eigenvalue weighted by Gasteiger charge is -2.21. The zero-order chi connectivity index (χ0) is 9.56. The fraction of sp³-hybridized carbons (Fsp3) is 0.889. The molecule has 0 saturated carbocycles. The van der Waals surface area contributed by atoms with Gasteiger partial charge in [0.25, 0.3) is 0 Å². The van der Waals surface area contributed by atoms with Gasteiger partial charge in [-0.1, -0.05) is 27.2 Å². The Kier molecular flexibility index (Phi) is 5.51. The molecule has 0 heterocycles. The summed E-state index contributed by atoms with van der Waals surface area (Å²) in [5, 5.41) is 2.81. The molecule has 2 unspecified atom stereocenters. The molecule has 3 nitrogen and oxygen atoms in total. The van der Waals surface area contributed by atoms with Gasteiger partial charge in [0, 0.05) is 6.04 Å². The Balaban J connectivity index is 3.90. The lowest BCUT2D eigenvalue weighted by atomic mass is 9.97. The summed E-state index contributed by atoms with van der Waals surface area (Å²) in [7, 11) is 1.39. The molecule has 1 amide bonds. The summed E-state index contributed by atoms with van der Waals surface area (Å²) in [6.45, 7) is 6.31. The summed E-state index contributed by atoms with van der Waals surface area (Å²) in [4.78, 5) is 10.9. The topological polar surface area (TPSA) is 38.3 Å². The molecule has 0 rings (SSSR count). The van der Waals surface area contributed by atoms with Crippen molar-refractivity contribution >= 4 is 6.09 Å². The summed E-state index contributed by atoms with van der Waals surface area (Å²) in [5.41, 5.74) is 0. The van der Waals surface area contributed by atoms with Gasteiger partial charge in [-0.25, -0.2) is 4.79 Å². The number of hydrogen-bond donors (Lipinski definition) is 1. The van der Waals surface area contributed by atoms with Crippen molar-refractivity contribution < 1.29 is 9.53 Å². The highest BCUT2D eigenvalue weighted by Gasteiger charge is 2.15. The third-order valence-corrected chi connectivity index (χ3v) is 2.26. The van der Waals surface area contributed by atoms with E-state index in [4.69, 9.17) is 0 Å². The maximum absolute atomic E-state index is 10.9. The number of amides is 1. The van der Waals surface area contributed by atoms with Crippen LogP contribution in [0.1, 0.15) is 33.6 Å². The molecule has 1 N–H and O–H groups in total. The fourth-order valence-corrected chi connectivity index (χ4v) is 1.14. The van der Waals surface area contributed by atoms with Gasteiger partial charge >= 0.3 is 6.09 Å². The highest BCUT2D eigenvalue weighted by Crippen LogP contribution is 2.10. The van der Waals surface area contributed by atoms with Crippen molar-refractivity contribution in [2.45, 2.75) is 39.7 Å². The van der Waals surface area contributed by atoms with Crippen LogP contribution in [0.2, 0.25) is 0 Å². The first-order valence-corrected chi connectivity index (χ1v) is 4.50. The normalized spacial score (nSPS) is 15.0. The van der Waals surface area contributed by atoms with E-state index in [0.717, 1.165) is 12.8 Å². The van der Waals surface area contributed by atoms with E-state index >= 15 is 0 Å². The van der Waals surface area contributed by atoms with Crippen molar-refractivity contribution in [1.82, 2.24) is 5.32 Å². The van der Waals surface area contributed by atoms with Crippen LogP contribution in [0, 0.1) is 5.92 Å². The first kappa shape index (κ1) is 11.3. The monoisotopic (exact) mass is 173 g/mol. The second kappa shape index (κ2) is 5.86. The lowest BCUT2D eigenvalue weighted by molar-refractivity contribution is 0.161. The number of hydrogen-bond acceptors (Lipinski definition) is 2. The summed E-state index contributed by atoms with van der Waals surface area (Å²) >= 11 is 0. The molecule has 0 fully saturated rings. The zero-order valence-electron chi connectivity index (χ0n) is 8.39. The van der Waals surface area contributed by atoms with E-state index in [1.54, 1.807) is 0 Å². The molecule has 3 heteroatoms. The molecule has 0 saturated heterocycles. The Hall–Kier alpha value is -0.730. The van der Waals surface area contributed by atoms with Gasteiger partial charge in [-0.05, 0) is 12.3 Å². The zero-order valence-corrected chi connectivity index (χ0v) is 8.39. The number of carbonyl (C=O) groups excluding carboxylic acids is 1. The van der Waals surface area contributed by atoms with E-state index in [1.807, 2.05) is 0 Å². The summed E-state index contributed by atoms with van der Waals surface area (Å²) in [6, 6.07) is 0.238. The first-order valence-electron chi connectivity index (χ1n) is 4.50. The molecular weight excluding hydrogens is 154 g/mol. The fourth-order valence-electron chi connectivity index (χ4n) is 1.14. The summed E-state index contributed by atoms with van der Waals surface area (Å²) < 4.78 is 4.53. The van der Waals surface area contributed by atoms with Crippen molar-refractivity contribution in [2.24, 2.45) is 5.92 Å². The minimum atomic E-state index is -0.331. The summed E-state index contributed by atoms with van der Waals surface area (Å²) in [5.74, 6) is 0.508. The minimum Gasteiger partial charge on any atom is -0.453 e. The molecule has 0 radical (unpaired) electrons. The van der Waals surface area contributed by atoms with Crippen molar-refractivity contribution in [3.63, 3.8) is 0 Å². The molecule has 0 aromatic rings. The maximum Gasteiger partial charge on any atom is 0.407 e. The first-order chi connectivity index (χ1) is 5.65. The molecule has 0 aliphatic carbocycles. The summed E-state index contributed by atoms with van der Waals surface area (Å²) in [6.07, 6.45) is 1.69. The molecule has 72 valence electrons. The van der Waals surface area contributed by atoms with Crippen molar-refractivity contribution in [3.05, 3.63) is 0 Å². The van der Waals surface area contributed by atoms with Crippen LogP contribution in [0.15, 0.2) is 0 Å². The highest BCUT2D eigenvalue weighted by atomic mass is 16.5. The van der Waals surface area contributed by atoms with Crippen LogP contribution < -0.4 is 5.32 Å². The van der Waals surface area contributed by atoms with E-state index in [2.05, 4.69) is 30.8 Å². The van der Waals surface area contributed by atoms with Crippen LogP contribution >= 0.6 is 0 Å². The van der Waals surface area contributed by atoms with E-state index in [0.29, 0.717) is 5.92 Å². The number of methoxy groups -OCH3 is 1. The van der Waals surface area contributed by atoms with Crippen LogP contribution in [0.25, 0.3) is 0 Å². The predicted molar refractivity (Wildman–Crippen MR) is 49.1 cm³/mol. The van der Waals surface area contributed by atoms with Crippen LogP contribution in [-0.2, 0) is 4.74 Å². The Morgan fingerprint density at radius 1 is 1.42 bits per heavy atom. The van der Waals surface area contributed by atoms with Crippen LogP contribution in [-0.4, -0.2) is 19.2 Å². The van der Waals surface area contributed by atoms with Crippen molar-refractivity contribution in [3.8, 4) is 0 Å². The third-order valence-electron chi connectivity index (χ3n) is 2.26. The molecule has 0 aliphatic rings. The van der Waals surface area contributed by atoms with Gasteiger partial charge in [0.2, 0.25) is 0 Å². The number of carbonyl (C=O) groups is 1. The van der Waals surface area contributed by atoms with Crippen LogP contribution in [0.4, 0.5) is 4.79 Å². The highest BCUT2D eigenvalue weighted by molar-refractivity contribution is 5.67. The number of rotatable bonds is 4. The average Bonchev–Trinajstić information content (AvgIpc) is 2.12. The number of alkyl carbamates (subject to hydrolysis) is 1. The molecule has 0 aliphatic heterocycles. The average molecular weight is 173 g/mol. The van der Waals surface area contributed by atoms with E-state index in [-0.39, 0.29) is 12.1 Å². The van der Waals surface area contributed by atoms with Crippen molar-refractivity contribution in [2.75, 3.05) is 7.11 Å². The molecule has 12 heavy (non-hydrogen) atoms. The Bertz CT molecular complexity index is 136. The Morgan fingerprint density at radius 2 is 2.00 bits per heavy atom. The molecule has 0 spiro atoms. The van der Waals surface area contributed by atoms with Crippen molar-refractivity contribution in [1.29, 1.82) is 0 Å². The second-order valence-electron chi connectivity index (χ2n) is 3.04. The number of ether oxygens (including phenoxy) is 1.